The van der Waals surface area contributed by atoms with Crippen LogP contribution in [0.4, 0.5) is 4.39 Å². The zero-order valence-corrected chi connectivity index (χ0v) is 24.5. The van der Waals surface area contributed by atoms with Crippen LogP contribution in [0, 0.1) is 0 Å². The highest BCUT2D eigenvalue weighted by molar-refractivity contribution is 6.42. The number of fused-ring (bicyclic) bond motifs is 1. The van der Waals surface area contributed by atoms with Gasteiger partial charge in [0.25, 0.3) is 5.91 Å². The van der Waals surface area contributed by atoms with E-state index in [1.54, 1.807) is 43.5 Å². The van der Waals surface area contributed by atoms with Crippen LogP contribution in [0.25, 0.3) is 11.3 Å². The molecule has 0 radical (unpaired) electrons. The van der Waals surface area contributed by atoms with E-state index in [1.807, 2.05) is 18.4 Å². The molecule has 0 aliphatic carbocycles. The quantitative estimate of drug-likeness (QED) is 0.197. The van der Waals surface area contributed by atoms with Gasteiger partial charge >= 0.3 is 6.01 Å². The molecule has 1 aliphatic rings. The van der Waals surface area contributed by atoms with Gasteiger partial charge < -0.3 is 14.0 Å². The summed E-state index contributed by atoms with van der Waals surface area (Å²) in [5, 5.41) is 0.343. The summed E-state index contributed by atoms with van der Waals surface area (Å²) in [7, 11) is 2.94. The molecule has 0 saturated carbocycles. The van der Waals surface area contributed by atoms with Gasteiger partial charge in [-0.05, 0) is 50.6 Å². The second kappa shape index (κ2) is 11.8. The lowest BCUT2D eigenvalue weighted by Crippen LogP contribution is -2.30. The Morgan fingerprint density at radius 1 is 1.18 bits per heavy atom. The zero-order chi connectivity index (χ0) is 29.3. The number of aromatic nitrogens is 3. The molecular weight excluding hydrogens is 558 g/mol. The molecule has 0 bridgehead atoms. The number of allylic oxidation sites excluding steroid dienone is 3. The maximum atomic E-state index is 15.2. The Bertz CT molecular complexity index is 1530. The van der Waals surface area contributed by atoms with Gasteiger partial charge in [0, 0.05) is 23.7 Å². The number of ether oxygens (including phenoxy) is 2. The van der Waals surface area contributed by atoms with Crippen LogP contribution in [-0.2, 0) is 4.79 Å². The first-order valence-corrected chi connectivity index (χ1v) is 13.4. The first kappa shape index (κ1) is 29.3. The fourth-order valence-corrected chi connectivity index (χ4v) is 5.17. The summed E-state index contributed by atoms with van der Waals surface area (Å²) in [6.07, 6.45) is 2.93. The SMILES string of the molecule is CCC(=O)/C(Cl)=C\C(=C(/C)F)N1C(=O)c2cc(-c3cnc(OC)nc3OC)n(C(C)C)c2C1c1ccc(Cl)cc1. The molecule has 40 heavy (non-hydrogen) atoms. The molecule has 0 fully saturated rings. The maximum Gasteiger partial charge on any atom is 0.319 e. The van der Waals surface area contributed by atoms with E-state index in [2.05, 4.69) is 9.97 Å². The smallest absolute Gasteiger partial charge is 0.319 e. The Kier molecular flexibility index (Phi) is 8.65. The summed E-state index contributed by atoms with van der Waals surface area (Å²) >= 11 is 12.4. The van der Waals surface area contributed by atoms with Crippen molar-refractivity contribution in [2.24, 2.45) is 0 Å². The number of benzene rings is 1. The van der Waals surface area contributed by atoms with Crippen molar-refractivity contribution in [3.8, 4) is 23.1 Å². The average Bonchev–Trinajstić information content (AvgIpc) is 3.46. The van der Waals surface area contributed by atoms with Gasteiger partial charge in [-0.2, -0.15) is 4.98 Å². The average molecular weight is 587 g/mol. The van der Waals surface area contributed by atoms with Crippen LogP contribution in [0.15, 0.2) is 59.2 Å². The Morgan fingerprint density at radius 2 is 1.85 bits per heavy atom. The summed E-state index contributed by atoms with van der Waals surface area (Å²) < 4.78 is 27.8. The molecule has 1 atom stereocenters. The molecule has 1 aromatic carbocycles. The third-order valence-electron chi connectivity index (χ3n) is 6.59. The normalized spacial score (nSPS) is 15.8. The monoisotopic (exact) mass is 586 g/mol. The van der Waals surface area contributed by atoms with Gasteiger partial charge in [-0.25, -0.2) is 9.37 Å². The van der Waals surface area contributed by atoms with Crippen molar-refractivity contribution in [1.29, 1.82) is 0 Å². The fourth-order valence-electron chi connectivity index (χ4n) is 4.81. The molecule has 4 rings (SSSR count). The minimum atomic E-state index is -0.765. The number of halogens is 3. The van der Waals surface area contributed by atoms with Crippen molar-refractivity contribution in [3.05, 3.63) is 81.0 Å². The number of nitrogens with zero attached hydrogens (tertiary/aromatic N) is 4. The molecule has 3 aromatic rings. The number of amides is 1. The van der Waals surface area contributed by atoms with E-state index in [1.165, 1.54) is 32.1 Å². The molecule has 2 aromatic heterocycles. The van der Waals surface area contributed by atoms with Crippen molar-refractivity contribution >= 4 is 34.9 Å². The number of Topliss-reactive ketones (excluding diaryl/α,β-unsaturated/α-hetero) is 1. The van der Waals surface area contributed by atoms with Gasteiger partial charge in [-0.1, -0.05) is 42.3 Å². The standard InChI is InChI=1S/C29H29Cl2FN4O4/c1-7-24(37)21(31)13-22(16(4)32)36-25(17-8-10-18(30)11-9-17)26-19(28(36)38)12-23(35(26)15(2)3)20-14-33-29(40-6)34-27(20)39-5/h8-15,25H,7H2,1-6H3/b21-13+,22-16-. The van der Waals surface area contributed by atoms with Gasteiger partial charge in [0.1, 0.15) is 11.9 Å². The molecule has 1 amide bonds. The van der Waals surface area contributed by atoms with Crippen LogP contribution < -0.4 is 9.47 Å². The van der Waals surface area contributed by atoms with Crippen molar-refractivity contribution in [2.75, 3.05) is 14.2 Å². The van der Waals surface area contributed by atoms with Gasteiger partial charge in [0.2, 0.25) is 5.88 Å². The number of hydrogen-bond donors (Lipinski definition) is 0. The van der Waals surface area contributed by atoms with Crippen LogP contribution in [-0.4, -0.2) is 45.3 Å². The van der Waals surface area contributed by atoms with E-state index in [-0.39, 0.29) is 40.9 Å². The Morgan fingerprint density at radius 3 is 2.40 bits per heavy atom. The van der Waals surface area contributed by atoms with E-state index < -0.39 is 17.8 Å². The maximum absolute atomic E-state index is 15.2. The molecule has 11 heteroatoms. The predicted octanol–water partition coefficient (Wildman–Crippen LogP) is 7.04. The number of methoxy groups -OCH3 is 2. The van der Waals surface area contributed by atoms with Crippen LogP contribution in [0.1, 0.15) is 67.8 Å². The lowest BCUT2D eigenvalue weighted by Gasteiger charge is -2.30. The predicted molar refractivity (Wildman–Crippen MR) is 151 cm³/mol. The number of carbonyl (C=O) groups is 2. The van der Waals surface area contributed by atoms with Gasteiger partial charge in [-0.15, -0.1) is 0 Å². The zero-order valence-electron chi connectivity index (χ0n) is 23.0. The second-order valence-corrected chi connectivity index (χ2v) is 10.2. The van der Waals surface area contributed by atoms with Gasteiger partial charge in [-0.3, -0.25) is 14.5 Å². The minimum absolute atomic E-state index is 0.102. The fraction of sp³-hybridized carbons (Fsp3) is 0.310. The van der Waals surface area contributed by atoms with Gasteiger partial charge in [0.05, 0.1) is 47.5 Å². The van der Waals surface area contributed by atoms with E-state index in [4.69, 9.17) is 32.7 Å². The highest BCUT2D eigenvalue weighted by Gasteiger charge is 2.44. The lowest BCUT2D eigenvalue weighted by atomic mass is 10.0. The summed E-state index contributed by atoms with van der Waals surface area (Å²) in [6, 6.07) is 7.92. The first-order valence-electron chi connectivity index (χ1n) is 12.6. The van der Waals surface area contributed by atoms with Crippen LogP contribution in [0.5, 0.6) is 11.9 Å². The lowest BCUT2D eigenvalue weighted by molar-refractivity contribution is -0.114. The highest BCUT2D eigenvalue weighted by atomic mass is 35.5. The third kappa shape index (κ3) is 5.23. The Hall–Kier alpha value is -3.69. The molecule has 0 spiro atoms. The molecular formula is C29H29Cl2FN4O4. The summed E-state index contributed by atoms with van der Waals surface area (Å²) in [6.45, 7) is 6.83. The largest absolute Gasteiger partial charge is 0.480 e. The van der Waals surface area contributed by atoms with Crippen LogP contribution >= 0.6 is 23.2 Å². The number of hydrogen-bond acceptors (Lipinski definition) is 6. The number of carbonyl (C=O) groups excluding carboxylic acids is 2. The second-order valence-electron chi connectivity index (χ2n) is 9.39. The molecule has 0 N–H and O–H groups in total. The van der Waals surface area contributed by atoms with E-state index in [0.29, 0.717) is 33.1 Å². The number of ketones is 1. The van der Waals surface area contributed by atoms with Crippen molar-refractivity contribution in [1.82, 2.24) is 19.4 Å². The first-order chi connectivity index (χ1) is 19.0. The molecule has 0 saturated heterocycles. The van der Waals surface area contributed by atoms with E-state index in [9.17, 15) is 9.59 Å². The minimum Gasteiger partial charge on any atom is -0.480 e. The molecule has 3 heterocycles. The van der Waals surface area contributed by atoms with Crippen LogP contribution in [0.3, 0.4) is 0 Å². The van der Waals surface area contributed by atoms with Crippen molar-refractivity contribution in [3.63, 3.8) is 0 Å². The molecule has 210 valence electrons. The van der Waals surface area contributed by atoms with Crippen LogP contribution in [0.2, 0.25) is 5.02 Å². The van der Waals surface area contributed by atoms with Crippen molar-refractivity contribution < 1.29 is 23.5 Å². The highest BCUT2D eigenvalue weighted by Crippen LogP contribution is 2.47. The summed E-state index contributed by atoms with van der Waals surface area (Å²) in [4.78, 5) is 36.3. The molecule has 1 unspecified atom stereocenters. The molecule has 8 nitrogen and oxygen atoms in total. The summed E-state index contributed by atoms with van der Waals surface area (Å²) in [5.41, 5.74) is 2.76. The molecule has 1 aliphatic heterocycles. The van der Waals surface area contributed by atoms with Crippen molar-refractivity contribution in [2.45, 2.75) is 46.2 Å². The third-order valence-corrected chi connectivity index (χ3v) is 7.16. The Labute approximate surface area is 242 Å². The van der Waals surface area contributed by atoms with E-state index in [0.717, 1.165) is 0 Å². The van der Waals surface area contributed by atoms with Gasteiger partial charge in [0.15, 0.2) is 5.78 Å². The topological polar surface area (TPSA) is 86.6 Å². The van der Waals surface area contributed by atoms with E-state index >= 15 is 4.39 Å². The number of rotatable bonds is 9. The Balaban J connectivity index is 2.02. The summed E-state index contributed by atoms with van der Waals surface area (Å²) in [5.74, 6) is -1.22.